The third-order valence-corrected chi connectivity index (χ3v) is 18.6. The Kier molecular flexibility index (Phi) is 24.1. The highest BCUT2D eigenvalue weighted by molar-refractivity contribution is 9.10. The number of nitrogens with two attached hydrogens (primary N) is 1. The van der Waals surface area contributed by atoms with Crippen molar-refractivity contribution in [1.82, 2.24) is 90.3 Å². The second-order valence-corrected chi connectivity index (χ2v) is 40.3. The molecule has 6 N–H and O–H groups in total. The summed E-state index contributed by atoms with van der Waals surface area (Å²) < 4.78 is 25.4. The zero-order valence-corrected chi connectivity index (χ0v) is 61.5. The maximum atomic E-state index is 12.2. The van der Waals surface area contributed by atoms with Gasteiger partial charge < -0.3 is 40.6 Å². The zero-order chi connectivity index (χ0) is 69.3. The van der Waals surface area contributed by atoms with E-state index in [1.807, 2.05) is 64.4 Å². The van der Waals surface area contributed by atoms with Gasteiger partial charge in [0.1, 0.15) is 58.6 Å². The summed E-state index contributed by atoms with van der Waals surface area (Å²) in [6.07, 6.45) is 13.5. The number of carbonyl (C=O) groups excluding carboxylic acids is 2. The number of ether oxygens (including phenoxy) is 4. The quantitative estimate of drug-likeness (QED) is 0.0269. The number of pyridine rings is 6. The largest absolute Gasteiger partial charge is 0.442 e. The molecule has 508 valence electrons. The van der Waals surface area contributed by atoms with Crippen molar-refractivity contribution in [3.63, 3.8) is 0 Å². The Hall–Kier alpha value is -9.44. The molecule has 0 unspecified atom stereocenters. The number of rotatable bonds is 20. The fourth-order valence-electron chi connectivity index (χ4n) is 8.09. The first-order chi connectivity index (χ1) is 46.1. The second kappa shape index (κ2) is 32.5. The number of fused-ring (bicyclic) bond motifs is 3. The van der Waals surface area contributed by atoms with Crippen molar-refractivity contribution in [2.24, 2.45) is 0 Å². The van der Waals surface area contributed by atoms with Gasteiger partial charge in [-0.25, -0.2) is 24.5 Å². The monoisotopic (exact) mass is 1470 g/mol. The van der Waals surface area contributed by atoms with E-state index >= 15 is 0 Å². The normalized spacial score (nSPS) is 11.6. The Labute approximate surface area is 581 Å². The molecular formula is C61H75BrN24O6S3Si2. The lowest BCUT2D eigenvalue weighted by molar-refractivity contribution is 0.0503. The van der Waals surface area contributed by atoms with Crippen LogP contribution < -0.4 is 31.5 Å². The van der Waals surface area contributed by atoms with E-state index in [9.17, 15) is 9.59 Å². The average Bonchev–Trinajstić information content (AvgIpc) is 1.78. The van der Waals surface area contributed by atoms with Crippen LogP contribution in [-0.4, -0.2) is 156 Å². The second-order valence-electron chi connectivity index (χ2n) is 25.7. The van der Waals surface area contributed by atoms with E-state index in [0.717, 1.165) is 82.4 Å². The number of anilines is 11. The van der Waals surface area contributed by atoms with Gasteiger partial charge in [0.15, 0.2) is 0 Å². The first-order valence-electron chi connectivity index (χ1n) is 30.2. The SMILES string of the molecule is CC(C)(C)OC(=O)n1cc(N)cn1.CC(C)(C)OC(=O)n1cc(Nc2cnc3ccc(N(COCC[Si](C)(C)C)c4nncs4)nc3c2)cn1.C[Si](C)(C)CCOCN(c1ccc2ncc(Br)cc2n1)c1nncs1.c1nnc(Nc2ccc3ncc(Nc4cn[nH]c4)cc3n2)s1. The van der Waals surface area contributed by atoms with E-state index in [2.05, 4.69) is 142 Å². The number of aromatic nitrogens is 18. The van der Waals surface area contributed by atoms with E-state index in [1.165, 1.54) is 46.4 Å². The van der Waals surface area contributed by atoms with Crippen LogP contribution in [-0.2, 0) is 18.9 Å². The van der Waals surface area contributed by atoms with Gasteiger partial charge in [-0.2, -0.15) is 24.7 Å². The van der Waals surface area contributed by atoms with Crippen molar-refractivity contribution in [3.8, 4) is 0 Å². The Bertz CT molecular complexity index is 4400. The zero-order valence-electron chi connectivity index (χ0n) is 55.5. The van der Waals surface area contributed by atoms with Crippen LogP contribution in [0.2, 0.25) is 51.4 Å². The van der Waals surface area contributed by atoms with Crippen molar-refractivity contribution in [2.75, 3.05) is 58.2 Å². The van der Waals surface area contributed by atoms with Crippen molar-refractivity contribution in [2.45, 2.75) is 104 Å². The minimum atomic E-state index is -1.20. The van der Waals surface area contributed by atoms with Gasteiger partial charge in [-0.15, -0.1) is 30.6 Å². The van der Waals surface area contributed by atoms with Crippen LogP contribution in [0.4, 0.5) is 70.9 Å². The smallest absolute Gasteiger partial charge is 0.435 e. The summed E-state index contributed by atoms with van der Waals surface area (Å²) in [5.41, 5.74) is 17.5. The van der Waals surface area contributed by atoms with Gasteiger partial charge in [-0.1, -0.05) is 73.3 Å². The molecule has 0 aliphatic heterocycles. The lowest BCUT2D eigenvalue weighted by Gasteiger charge is -2.22. The highest BCUT2D eigenvalue weighted by Crippen LogP contribution is 2.31. The summed E-state index contributed by atoms with van der Waals surface area (Å²) >= 11 is 7.75. The predicted octanol–water partition coefficient (Wildman–Crippen LogP) is 14.3. The molecule has 0 saturated heterocycles. The van der Waals surface area contributed by atoms with Crippen LogP contribution in [0.15, 0.2) is 131 Å². The van der Waals surface area contributed by atoms with Crippen molar-refractivity contribution >= 4 is 173 Å². The number of carbonyl (C=O) groups is 2. The van der Waals surface area contributed by atoms with Crippen LogP contribution in [0.3, 0.4) is 0 Å². The van der Waals surface area contributed by atoms with E-state index in [-0.39, 0.29) is 0 Å². The molecule has 30 nitrogen and oxygen atoms in total. The molecule has 0 aliphatic carbocycles. The number of halogens is 1. The number of nitrogens with zero attached hydrogens (tertiary/aromatic N) is 19. The van der Waals surface area contributed by atoms with Gasteiger partial charge in [0.25, 0.3) is 0 Å². The topological polar surface area (TPSA) is 359 Å². The van der Waals surface area contributed by atoms with Crippen molar-refractivity contribution in [3.05, 3.63) is 131 Å². The van der Waals surface area contributed by atoms with Crippen LogP contribution in [0, 0.1) is 0 Å². The molecule has 12 aromatic rings. The summed E-state index contributed by atoms with van der Waals surface area (Å²) in [5, 5.41) is 50.2. The number of aromatic amines is 1. The minimum Gasteiger partial charge on any atom is -0.442 e. The van der Waals surface area contributed by atoms with E-state index < -0.39 is 39.5 Å². The summed E-state index contributed by atoms with van der Waals surface area (Å²) in [4.78, 5) is 54.8. The van der Waals surface area contributed by atoms with Crippen molar-refractivity contribution in [1.29, 1.82) is 0 Å². The molecule has 12 heterocycles. The Balaban J connectivity index is 0.000000161. The van der Waals surface area contributed by atoms with Crippen LogP contribution in [0.1, 0.15) is 41.5 Å². The number of nitrogen functional groups attached to an aromatic ring is 1. The molecule has 0 saturated carbocycles. The molecule has 12 aromatic heterocycles. The standard InChI is InChI=1S/C24H32N8O3SSi.C16H20BrN5OSSi.C13H10N8S.C8H13N3O2/c1-24(2,3)35-23(33)32-14-18(13-27-32)28-17-11-20-19(25-12-17)7-8-21(29-20)31(22-30-26-15-36-22)16-34-9-10-37(4,5)6;1-25(2,3)7-6-23-11-22(16-21-19-10-24-16)15-5-4-13-14(20-15)8-12(17)9-18-13;1-2-12(20-13-21-17-7-22-13)19-11-3-8(4-14-10(1)11)18-9-5-15-16-6-9;1-8(2,3)13-7(12)11-5-6(9)4-10-11/h7-8,11-15,28H,9-10,16H2,1-6H3;4-5,8-10H,6-7,11H2,1-3H3;1-7,18H,(H,15,16)(H,19,20,21);4-5H,9H2,1-3H3. The molecule has 0 radical (unpaired) electrons. The minimum absolute atomic E-state index is 0.327. The van der Waals surface area contributed by atoms with E-state index in [0.29, 0.717) is 64.5 Å². The van der Waals surface area contributed by atoms with Crippen LogP contribution in [0.5, 0.6) is 0 Å². The molecule has 0 bridgehead atoms. The number of nitrogens with one attached hydrogen (secondary N) is 4. The van der Waals surface area contributed by atoms with Crippen molar-refractivity contribution < 1.29 is 28.5 Å². The molecule has 0 atom stereocenters. The van der Waals surface area contributed by atoms with Gasteiger partial charge in [0.2, 0.25) is 15.4 Å². The number of hydrogen-bond acceptors (Lipinski definition) is 30. The van der Waals surface area contributed by atoms with Gasteiger partial charge in [0, 0.05) is 46.2 Å². The molecule has 0 amide bonds. The molecule has 12 rings (SSSR count). The highest BCUT2D eigenvalue weighted by Gasteiger charge is 2.22. The maximum absolute atomic E-state index is 12.2. The first kappa shape index (κ1) is 71.8. The molecule has 97 heavy (non-hydrogen) atoms. The summed E-state index contributed by atoms with van der Waals surface area (Å²) in [6.45, 7) is 26.9. The highest BCUT2D eigenvalue weighted by atomic mass is 79.9. The Morgan fingerprint density at radius 1 is 0.567 bits per heavy atom. The van der Waals surface area contributed by atoms with Crippen LogP contribution >= 0.6 is 49.9 Å². The molecule has 36 heteroatoms. The maximum Gasteiger partial charge on any atom is 0.435 e. The third-order valence-electron chi connectivity index (χ3n) is 12.7. The Morgan fingerprint density at radius 2 is 1.06 bits per heavy atom. The van der Waals surface area contributed by atoms with Gasteiger partial charge in [-0.05, 0) is 124 Å². The summed E-state index contributed by atoms with van der Waals surface area (Å²) in [5.74, 6) is 2.16. The lowest BCUT2D eigenvalue weighted by atomic mass is 10.2. The fraction of sp³-hybridized carbons (Fsp3) is 0.328. The Morgan fingerprint density at radius 3 is 1.55 bits per heavy atom. The summed E-state index contributed by atoms with van der Waals surface area (Å²) in [7, 11) is -2.31. The number of hydrogen-bond donors (Lipinski definition) is 5. The summed E-state index contributed by atoms with van der Waals surface area (Å²) in [6, 6.07) is 19.5. The molecule has 0 aromatic carbocycles. The van der Waals surface area contributed by atoms with Gasteiger partial charge >= 0.3 is 12.2 Å². The van der Waals surface area contributed by atoms with E-state index in [4.69, 9.17) is 34.6 Å². The number of H-pyrrole nitrogens is 1. The molecule has 0 fully saturated rings. The average molecular weight is 1470 g/mol. The van der Waals surface area contributed by atoms with Gasteiger partial charge in [-0.3, -0.25) is 29.9 Å². The molecule has 0 aliphatic rings. The molecular weight excluding hydrogens is 1400 g/mol. The first-order valence-corrected chi connectivity index (χ1v) is 41.1. The predicted molar refractivity (Wildman–Crippen MR) is 389 cm³/mol. The lowest BCUT2D eigenvalue weighted by Crippen LogP contribution is -2.27. The van der Waals surface area contributed by atoms with Crippen LogP contribution in [0.25, 0.3) is 33.1 Å². The van der Waals surface area contributed by atoms with Gasteiger partial charge in [0.05, 0.1) is 105 Å². The molecule has 0 spiro atoms. The fourth-order valence-corrected chi connectivity index (χ4v) is 11.5. The van der Waals surface area contributed by atoms with E-state index in [1.54, 1.807) is 101 Å². The third kappa shape index (κ3) is 22.9.